The van der Waals surface area contributed by atoms with Crippen LogP contribution in [0, 0.1) is 11.8 Å². The van der Waals surface area contributed by atoms with Gasteiger partial charge in [0.2, 0.25) is 0 Å². The lowest BCUT2D eigenvalue weighted by Gasteiger charge is -2.18. The molecule has 0 aromatic heterocycles. The summed E-state index contributed by atoms with van der Waals surface area (Å²) in [5.41, 5.74) is 0. The van der Waals surface area contributed by atoms with Crippen LogP contribution in [-0.2, 0) is 28.6 Å². The van der Waals surface area contributed by atoms with Gasteiger partial charge in [-0.1, -0.05) is 304 Å². The van der Waals surface area contributed by atoms with E-state index in [1.54, 1.807) is 0 Å². The van der Waals surface area contributed by atoms with Gasteiger partial charge in [-0.3, -0.25) is 14.4 Å². The molecule has 0 aliphatic carbocycles. The van der Waals surface area contributed by atoms with Crippen LogP contribution in [0.1, 0.15) is 343 Å². The van der Waals surface area contributed by atoms with E-state index in [1.807, 2.05) is 0 Å². The molecule has 0 heterocycles. The summed E-state index contributed by atoms with van der Waals surface area (Å²) in [6.07, 6.45) is 58.3. The standard InChI is InChI=1S/C61H118O6/c1-6-8-9-10-11-12-13-14-15-16-20-24-27-30-33-36-43-48-53-61(64)67-58(55-66-60(63)52-47-42-38-37-39-44-49-56(3)4)54-65-59(62)51-46-41-35-32-29-26-23-21-18-17-19-22-25-28-31-34-40-45-50-57(5)7-2/h56-58H,6-55H2,1-5H3/t57?,58-/m1/s1. The Hall–Kier alpha value is -1.59. The van der Waals surface area contributed by atoms with Crippen molar-refractivity contribution in [2.75, 3.05) is 13.2 Å². The number of rotatable bonds is 55. The molecule has 0 aliphatic heterocycles. The molecule has 0 fully saturated rings. The van der Waals surface area contributed by atoms with E-state index in [1.165, 1.54) is 231 Å². The number of hydrogen-bond acceptors (Lipinski definition) is 6. The molecule has 0 bridgehead atoms. The van der Waals surface area contributed by atoms with Gasteiger partial charge in [-0.2, -0.15) is 0 Å². The van der Waals surface area contributed by atoms with Crippen molar-refractivity contribution in [1.82, 2.24) is 0 Å². The van der Waals surface area contributed by atoms with Gasteiger partial charge in [0.15, 0.2) is 6.10 Å². The summed E-state index contributed by atoms with van der Waals surface area (Å²) in [7, 11) is 0. The predicted octanol–water partition coefficient (Wildman–Crippen LogP) is 20.0. The maximum Gasteiger partial charge on any atom is 0.306 e. The van der Waals surface area contributed by atoms with E-state index in [0.717, 1.165) is 69.6 Å². The summed E-state index contributed by atoms with van der Waals surface area (Å²) in [5.74, 6) is 0.830. The molecule has 0 saturated heterocycles. The molecule has 0 N–H and O–H groups in total. The number of unbranched alkanes of at least 4 members (excludes halogenated alkanes) is 39. The zero-order chi connectivity index (χ0) is 48.9. The van der Waals surface area contributed by atoms with Crippen LogP contribution in [-0.4, -0.2) is 37.2 Å². The molecule has 0 radical (unpaired) electrons. The number of esters is 3. The molecule has 0 rings (SSSR count). The van der Waals surface area contributed by atoms with Crippen molar-refractivity contribution < 1.29 is 28.6 Å². The lowest BCUT2D eigenvalue weighted by Crippen LogP contribution is -2.30. The topological polar surface area (TPSA) is 78.9 Å². The summed E-state index contributed by atoms with van der Waals surface area (Å²) < 4.78 is 16.9. The first-order valence-electron chi connectivity index (χ1n) is 30.3. The Kier molecular flexibility index (Phi) is 52.5. The summed E-state index contributed by atoms with van der Waals surface area (Å²) in [6, 6.07) is 0. The van der Waals surface area contributed by atoms with Gasteiger partial charge in [0.25, 0.3) is 0 Å². The van der Waals surface area contributed by atoms with Crippen molar-refractivity contribution in [3.8, 4) is 0 Å². The summed E-state index contributed by atoms with van der Waals surface area (Å²) in [6.45, 7) is 11.4. The Bertz CT molecular complexity index is 1030. The highest BCUT2D eigenvalue weighted by Crippen LogP contribution is 2.19. The van der Waals surface area contributed by atoms with E-state index in [2.05, 4.69) is 34.6 Å². The second kappa shape index (κ2) is 53.8. The third kappa shape index (κ3) is 53.6. The molecule has 0 aromatic carbocycles. The van der Waals surface area contributed by atoms with Crippen LogP contribution in [0.5, 0.6) is 0 Å². The highest BCUT2D eigenvalue weighted by Gasteiger charge is 2.19. The van der Waals surface area contributed by atoms with Crippen LogP contribution in [0.2, 0.25) is 0 Å². The minimum Gasteiger partial charge on any atom is -0.462 e. The predicted molar refractivity (Wildman–Crippen MR) is 289 cm³/mol. The van der Waals surface area contributed by atoms with Crippen LogP contribution < -0.4 is 0 Å². The lowest BCUT2D eigenvalue weighted by molar-refractivity contribution is -0.167. The zero-order valence-corrected chi connectivity index (χ0v) is 46.0. The third-order valence-electron chi connectivity index (χ3n) is 14.3. The number of carbonyl (C=O) groups is 3. The quantitative estimate of drug-likeness (QED) is 0.0343. The molecule has 6 nitrogen and oxygen atoms in total. The van der Waals surface area contributed by atoms with Crippen molar-refractivity contribution in [1.29, 1.82) is 0 Å². The number of carbonyl (C=O) groups excluding carboxylic acids is 3. The van der Waals surface area contributed by atoms with Crippen LogP contribution >= 0.6 is 0 Å². The lowest BCUT2D eigenvalue weighted by atomic mass is 9.99. The van der Waals surface area contributed by atoms with E-state index in [4.69, 9.17) is 14.2 Å². The Morgan fingerprint density at radius 3 is 0.851 bits per heavy atom. The van der Waals surface area contributed by atoms with E-state index >= 15 is 0 Å². The first-order valence-corrected chi connectivity index (χ1v) is 30.3. The van der Waals surface area contributed by atoms with Gasteiger partial charge in [0, 0.05) is 19.3 Å². The van der Waals surface area contributed by atoms with Crippen LogP contribution in [0.15, 0.2) is 0 Å². The van der Waals surface area contributed by atoms with Crippen molar-refractivity contribution in [3.05, 3.63) is 0 Å². The Morgan fingerprint density at radius 1 is 0.313 bits per heavy atom. The van der Waals surface area contributed by atoms with E-state index in [-0.39, 0.29) is 31.1 Å². The third-order valence-corrected chi connectivity index (χ3v) is 14.3. The van der Waals surface area contributed by atoms with E-state index < -0.39 is 6.10 Å². The Balaban J connectivity index is 4.17. The first kappa shape index (κ1) is 65.4. The van der Waals surface area contributed by atoms with Crippen molar-refractivity contribution in [3.63, 3.8) is 0 Å². The minimum absolute atomic E-state index is 0.0634. The molecule has 0 amide bonds. The zero-order valence-electron chi connectivity index (χ0n) is 46.0. The van der Waals surface area contributed by atoms with E-state index in [9.17, 15) is 14.4 Å². The highest BCUT2D eigenvalue weighted by molar-refractivity contribution is 5.71. The largest absolute Gasteiger partial charge is 0.462 e. The smallest absolute Gasteiger partial charge is 0.306 e. The normalized spacial score (nSPS) is 12.4. The molecule has 6 heteroatoms. The SMILES string of the molecule is CCCCCCCCCCCCCCCCCCCCC(=O)O[C@H](COC(=O)CCCCCCCCCCCCCCCCCCCCC(C)CC)COC(=O)CCCCCCCCC(C)C. The molecular weight excluding hydrogens is 829 g/mol. The fourth-order valence-corrected chi connectivity index (χ4v) is 9.37. The molecule has 0 aliphatic rings. The maximum absolute atomic E-state index is 12.8. The van der Waals surface area contributed by atoms with Gasteiger partial charge in [0.05, 0.1) is 0 Å². The molecule has 1 unspecified atom stereocenters. The van der Waals surface area contributed by atoms with Crippen LogP contribution in [0.3, 0.4) is 0 Å². The summed E-state index contributed by atoms with van der Waals surface area (Å²) in [4.78, 5) is 38.1. The molecule has 0 saturated carbocycles. The van der Waals surface area contributed by atoms with Gasteiger partial charge < -0.3 is 14.2 Å². The average Bonchev–Trinajstić information content (AvgIpc) is 3.31. The number of ether oxygens (including phenoxy) is 3. The molecular formula is C61H118O6. The molecule has 0 aromatic rings. The minimum atomic E-state index is -0.763. The second-order valence-corrected chi connectivity index (χ2v) is 21.7. The van der Waals surface area contributed by atoms with Gasteiger partial charge >= 0.3 is 17.9 Å². The van der Waals surface area contributed by atoms with Crippen molar-refractivity contribution >= 4 is 17.9 Å². The van der Waals surface area contributed by atoms with Crippen molar-refractivity contribution in [2.24, 2.45) is 11.8 Å². The molecule has 0 spiro atoms. The van der Waals surface area contributed by atoms with Gasteiger partial charge in [-0.05, 0) is 31.1 Å². The van der Waals surface area contributed by atoms with Crippen LogP contribution in [0.25, 0.3) is 0 Å². The molecule has 2 atom stereocenters. The summed E-state index contributed by atoms with van der Waals surface area (Å²) >= 11 is 0. The highest BCUT2D eigenvalue weighted by atomic mass is 16.6. The fourth-order valence-electron chi connectivity index (χ4n) is 9.37. The second-order valence-electron chi connectivity index (χ2n) is 21.7. The molecule has 67 heavy (non-hydrogen) atoms. The fraction of sp³-hybridized carbons (Fsp3) is 0.951. The van der Waals surface area contributed by atoms with Gasteiger partial charge in [0.1, 0.15) is 13.2 Å². The Labute approximate surface area is 418 Å². The maximum atomic E-state index is 12.8. The van der Waals surface area contributed by atoms with Crippen LogP contribution in [0.4, 0.5) is 0 Å². The first-order chi connectivity index (χ1) is 32.8. The van der Waals surface area contributed by atoms with Crippen molar-refractivity contribution in [2.45, 2.75) is 349 Å². The molecule has 398 valence electrons. The van der Waals surface area contributed by atoms with E-state index in [0.29, 0.717) is 19.3 Å². The Morgan fingerprint density at radius 2 is 0.567 bits per heavy atom. The monoisotopic (exact) mass is 947 g/mol. The summed E-state index contributed by atoms with van der Waals surface area (Å²) in [5, 5.41) is 0. The number of hydrogen-bond donors (Lipinski definition) is 0. The average molecular weight is 948 g/mol. The van der Waals surface area contributed by atoms with Gasteiger partial charge in [-0.15, -0.1) is 0 Å². The van der Waals surface area contributed by atoms with Gasteiger partial charge in [-0.25, -0.2) is 0 Å².